The molecule has 0 fully saturated rings. The third kappa shape index (κ3) is 3.83. The predicted octanol–water partition coefficient (Wildman–Crippen LogP) is 2.38. The minimum atomic E-state index is -2.50. The first-order valence-corrected chi connectivity index (χ1v) is 7.25. The number of anilines is 2. The highest BCUT2D eigenvalue weighted by Crippen LogP contribution is 2.36. The largest absolute Gasteiger partial charge is 0.399 e. The van der Waals surface area contributed by atoms with Crippen LogP contribution in [0, 0.1) is 0 Å². The van der Waals surface area contributed by atoms with Gasteiger partial charge in [0.1, 0.15) is 6.61 Å². The second kappa shape index (κ2) is 6.90. The maximum atomic E-state index is 12.1. The molecule has 2 rings (SSSR count). The molecule has 0 saturated carbocycles. The van der Waals surface area contributed by atoms with E-state index in [0.29, 0.717) is 12.2 Å². The van der Waals surface area contributed by atoms with Crippen LogP contribution in [0.15, 0.2) is 23.1 Å². The molecule has 0 bridgehead atoms. The summed E-state index contributed by atoms with van der Waals surface area (Å²) in [6.45, 7) is -0.0358. The zero-order valence-corrected chi connectivity index (χ0v) is 11.7. The smallest absolute Gasteiger partial charge is 0.261 e. The highest BCUT2D eigenvalue weighted by Gasteiger charge is 2.22. The van der Waals surface area contributed by atoms with Crippen molar-refractivity contribution in [2.45, 2.75) is 17.7 Å². The van der Waals surface area contributed by atoms with E-state index < -0.39 is 13.0 Å². The maximum Gasteiger partial charge on any atom is 0.261 e. The van der Waals surface area contributed by atoms with Crippen molar-refractivity contribution in [3.63, 3.8) is 0 Å². The lowest BCUT2D eigenvalue weighted by atomic mass is 10.2. The summed E-state index contributed by atoms with van der Waals surface area (Å²) in [6.07, 6.45) is -2.41. The first-order chi connectivity index (χ1) is 9.58. The zero-order chi connectivity index (χ0) is 14.5. The number of nitrogens with zero attached hydrogens (tertiary/aromatic N) is 1. The molecule has 0 saturated heterocycles. The molecule has 4 nitrogen and oxygen atoms in total. The van der Waals surface area contributed by atoms with Crippen LogP contribution in [-0.4, -0.2) is 37.8 Å². The molecule has 7 heteroatoms. The van der Waals surface area contributed by atoms with Gasteiger partial charge in [-0.2, -0.15) is 0 Å². The lowest BCUT2D eigenvalue weighted by Gasteiger charge is -2.29. The van der Waals surface area contributed by atoms with Gasteiger partial charge in [0.05, 0.1) is 18.7 Å². The van der Waals surface area contributed by atoms with Gasteiger partial charge in [0.15, 0.2) is 0 Å². The molecule has 1 amide bonds. The van der Waals surface area contributed by atoms with Gasteiger partial charge in [0.25, 0.3) is 6.43 Å². The number of carbonyl (C=O) groups is 1. The summed E-state index contributed by atoms with van der Waals surface area (Å²) in [5.41, 5.74) is 7.13. The van der Waals surface area contributed by atoms with E-state index in [-0.39, 0.29) is 18.9 Å². The minimum Gasteiger partial charge on any atom is -0.399 e. The van der Waals surface area contributed by atoms with Gasteiger partial charge in [-0.1, -0.05) is 0 Å². The quantitative estimate of drug-likeness (QED) is 0.670. The number of nitrogen functional groups attached to an aromatic ring is 1. The van der Waals surface area contributed by atoms with Crippen LogP contribution in [0.25, 0.3) is 0 Å². The summed E-state index contributed by atoms with van der Waals surface area (Å²) >= 11 is 1.67. The highest BCUT2D eigenvalue weighted by atomic mass is 32.2. The minimum absolute atomic E-state index is 0.00443. The Hall–Kier alpha value is -1.34. The third-order valence-electron chi connectivity index (χ3n) is 2.85. The second-order valence-electron chi connectivity index (χ2n) is 4.34. The van der Waals surface area contributed by atoms with E-state index >= 15 is 0 Å². The van der Waals surface area contributed by atoms with Crippen molar-refractivity contribution in [3.05, 3.63) is 18.2 Å². The van der Waals surface area contributed by atoms with Gasteiger partial charge < -0.3 is 15.4 Å². The number of halogens is 2. The fourth-order valence-corrected chi connectivity index (χ4v) is 2.94. The first kappa shape index (κ1) is 15.1. The SMILES string of the molecule is Nc1ccc2c(c1)N(C(=O)CCOCC(F)F)CCS2. The topological polar surface area (TPSA) is 55.6 Å². The average Bonchev–Trinajstić information content (AvgIpc) is 2.42. The predicted molar refractivity (Wildman–Crippen MR) is 75.4 cm³/mol. The molecule has 1 aromatic rings. The Morgan fingerprint density at radius 1 is 1.50 bits per heavy atom. The van der Waals surface area contributed by atoms with Crippen LogP contribution in [0.5, 0.6) is 0 Å². The number of thioether (sulfide) groups is 1. The van der Waals surface area contributed by atoms with Crippen LogP contribution in [0.3, 0.4) is 0 Å². The van der Waals surface area contributed by atoms with Gasteiger partial charge in [0.2, 0.25) is 5.91 Å². The van der Waals surface area contributed by atoms with Gasteiger partial charge in [-0.05, 0) is 18.2 Å². The van der Waals surface area contributed by atoms with Crippen molar-refractivity contribution in [1.82, 2.24) is 0 Å². The Kier molecular flexibility index (Phi) is 5.19. The number of amides is 1. The molecule has 1 heterocycles. The number of ether oxygens (including phenoxy) is 1. The first-order valence-electron chi connectivity index (χ1n) is 6.26. The Bertz CT molecular complexity index is 485. The molecule has 0 radical (unpaired) electrons. The van der Waals surface area contributed by atoms with E-state index in [0.717, 1.165) is 16.3 Å². The molecule has 0 atom stereocenters. The molecule has 0 spiro atoms. The number of benzene rings is 1. The Morgan fingerprint density at radius 3 is 3.05 bits per heavy atom. The lowest BCUT2D eigenvalue weighted by Crippen LogP contribution is -2.36. The average molecular weight is 302 g/mol. The molecule has 20 heavy (non-hydrogen) atoms. The normalized spacial score (nSPS) is 14.4. The van der Waals surface area contributed by atoms with E-state index in [1.165, 1.54) is 0 Å². The van der Waals surface area contributed by atoms with E-state index in [2.05, 4.69) is 0 Å². The molecular weight excluding hydrogens is 286 g/mol. The van der Waals surface area contributed by atoms with Crippen molar-refractivity contribution in [1.29, 1.82) is 0 Å². The monoisotopic (exact) mass is 302 g/mol. The highest BCUT2D eigenvalue weighted by molar-refractivity contribution is 7.99. The fourth-order valence-electron chi connectivity index (χ4n) is 1.96. The van der Waals surface area contributed by atoms with Crippen molar-refractivity contribution in [3.8, 4) is 0 Å². The summed E-state index contributed by atoms with van der Waals surface area (Å²) in [6, 6.07) is 5.45. The van der Waals surface area contributed by atoms with Crippen LogP contribution >= 0.6 is 11.8 Å². The zero-order valence-electron chi connectivity index (χ0n) is 10.9. The summed E-state index contributed by atoms with van der Waals surface area (Å²) in [5.74, 6) is 0.673. The lowest BCUT2D eigenvalue weighted by molar-refractivity contribution is -0.120. The molecular formula is C13H16F2N2O2S. The number of nitrogens with two attached hydrogens (primary N) is 1. The van der Waals surface area contributed by atoms with E-state index in [9.17, 15) is 13.6 Å². The van der Waals surface area contributed by atoms with Crippen molar-refractivity contribution in [2.24, 2.45) is 0 Å². The van der Waals surface area contributed by atoms with Crippen LogP contribution in [0.2, 0.25) is 0 Å². The van der Waals surface area contributed by atoms with Crippen LogP contribution in [0.4, 0.5) is 20.2 Å². The second-order valence-corrected chi connectivity index (χ2v) is 5.47. The van der Waals surface area contributed by atoms with Gasteiger partial charge >= 0.3 is 0 Å². The molecule has 0 unspecified atom stereocenters. The third-order valence-corrected chi connectivity index (χ3v) is 3.89. The number of hydrogen-bond donors (Lipinski definition) is 1. The number of fused-ring (bicyclic) bond motifs is 1. The molecule has 0 aromatic heterocycles. The summed E-state index contributed by atoms with van der Waals surface area (Å²) in [4.78, 5) is 14.8. The molecule has 110 valence electrons. The van der Waals surface area contributed by atoms with Gasteiger partial charge in [0, 0.05) is 22.9 Å². The number of hydrogen-bond acceptors (Lipinski definition) is 4. The van der Waals surface area contributed by atoms with E-state index in [1.807, 2.05) is 6.07 Å². The van der Waals surface area contributed by atoms with Gasteiger partial charge in [-0.25, -0.2) is 8.78 Å². The van der Waals surface area contributed by atoms with Crippen LogP contribution in [-0.2, 0) is 9.53 Å². The molecule has 1 aromatic carbocycles. The molecule has 1 aliphatic heterocycles. The number of alkyl halides is 2. The summed E-state index contributed by atoms with van der Waals surface area (Å²) < 4.78 is 28.6. The Balaban J connectivity index is 1.96. The van der Waals surface area contributed by atoms with Gasteiger partial charge in [-0.15, -0.1) is 11.8 Å². The number of carbonyl (C=O) groups excluding carboxylic acids is 1. The molecule has 1 aliphatic rings. The summed E-state index contributed by atoms with van der Waals surface area (Å²) in [5, 5.41) is 0. The van der Waals surface area contributed by atoms with Crippen LogP contribution < -0.4 is 10.6 Å². The Morgan fingerprint density at radius 2 is 2.30 bits per heavy atom. The summed E-state index contributed by atoms with van der Waals surface area (Å²) in [7, 11) is 0. The molecule has 2 N–H and O–H groups in total. The Labute approximate surface area is 120 Å². The fraction of sp³-hybridized carbons (Fsp3) is 0.462. The number of rotatable bonds is 5. The van der Waals surface area contributed by atoms with Crippen LogP contribution in [0.1, 0.15) is 6.42 Å². The standard InChI is InChI=1S/C13H16F2N2O2S/c14-12(15)8-19-5-3-13(18)17-4-6-20-11-2-1-9(16)7-10(11)17/h1-2,7,12H,3-6,8,16H2. The van der Waals surface area contributed by atoms with Crippen molar-refractivity contribution in [2.75, 3.05) is 36.1 Å². The van der Waals surface area contributed by atoms with E-state index in [4.69, 9.17) is 10.5 Å². The van der Waals surface area contributed by atoms with Gasteiger partial charge in [-0.3, -0.25) is 4.79 Å². The van der Waals surface area contributed by atoms with Crippen molar-refractivity contribution >= 4 is 29.0 Å². The van der Waals surface area contributed by atoms with Crippen molar-refractivity contribution < 1.29 is 18.3 Å². The molecule has 0 aliphatic carbocycles. The van der Waals surface area contributed by atoms with E-state index in [1.54, 1.807) is 28.8 Å². The maximum absolute atomic E-state index is 12.1.